The monoisotopic (exact) mass is 338 g/mol. The van der Waals surface area contributed by atoms with Crippen LogP contribution >= 0.6 is 15.9 Å². The normalized spacial score (nSPS) is 16.6. The first kappa shape index (κ1) is 15.8. The number of halogens is 1. The number of hydrogen-bond donors (Lipinski definition) is 1. The molecule has 1 aliphatic rings. The van der Waals surface area contributed by atoms with E-state index >= 15 is 0 Å². The van der Waals surface area contributed by atoms with Gasteiger partial charge in [-0.25, -0.2) is 0 Å². The third-order valence-corrected chi connectivity index (χ3v) is 4.76. The van der Waals surface area contributed by atoms with Crippen molar-refractivity contribution in [2.45, 2.75) is 46.1 Å². The predicted octanol–water partition coefficient (Wildman–Crippen LogP) is 4.58. The maximum Gasteiger partial charge on any atom is 0.0423 e. The summed E-state index contributed by atoms with van der Waals surface area (Å²) in [6.07, 6.45) is 5.42. The molecule has 0 saturated carbocycles. The first-order valence-electron chi connectivity index (χ1n) is 7.98. The summed E-state index contributed by atoms with van der Waals surface area (Å²) in [5.74, 6) is 0.945. The number of nitrogens with one attached hydrogen (secondary N) is 1. The van der Waals surface area contributed by atoms with E-state index in [2.05, 4.69) is 58.2 Å². The first-order chi connectivity index (χ1) is 9.74. The summed E-state index contributed by atoms with van der Waals surface area (Å²) >= 11 is 3.62. The van der Waals surface area contributed by atoms with E-state index in [1.807, 2.05) is 0 Å². The highest BCUT2D eigenvalue weighted by atomic mass is 79.9. The van der Waals surface area contributed by atoms with Gasteiger partial charge in [0.25, 0.3) is 0 Å². The van der Waals surface area contributed by atoms with Crippen molar-refractivity contribution in [1.82, 2.24) is 5.32 Å². The molecule has 3 heteroatoms. The van der Waals surface area contributed by atoms with E-state index in [1.165, 1.54) is 54.5 Å². The minimum atomic E-state index is 0.945. The van der Waals surface area contributed by atoms with E-state index in [1.54, 1.807) is 0 Å². The quantitative estimate of drug-likeness (QED) is 0.816. The van der Waals surface area contributed by atoms with E-state index < -0.39 is 0 Å². The molecule has 1 saturated heterocycles. The van der Waals surface area contributed by atoms with Gasteiger partial charge in [0, 0.05) is 29.8 Å². The predicted molar refractivity (Wildman–Crippen MR) is 91.4 cm³/mol. The van der Waals surface area contributed by atoms with E-state index in [0.717, 1.165) is 19.0 Å². The van der Waals surface area contributed by atoms with Crippen LogP contribution in [0.25, 0.3) is 0 Å². The lowest BCUT2D eigenvalue weighted by Crippen LogP contribution is -2.34. The van der Waals surface area contributed by atoms with Crippen LogP contribution in [0.1, 0.15) is 45.1 Å². The summed E-state index contributed by atoms with van der Waals surface area (Å²) in [7, 11) is 0. The topological polar surface area (TPSA) is 15.3 Å². The van der Waals surface area contributed by atoms with Crippen molar-refractivity contribution < 1.29 is 0 Å². The fourth-order valence-corrected chi connectivity index (χ4v) is 3.46. The summed E-state index contributed by atoms with van der Waals surface area (Å²) in [6, 6.07) is 6.69. The van der Waals surface area contributed by atoms with E-state index in [4.69, 9.17) is 0 Å². The van der Waals surface area contributed by atoms with Crippen molar-refractivity contribution >= 4 is 21.6 Å². The number of piperidine rings is 1. The Kier molecular flexibility index (Phi) is 6.37. The fourth-order valence-electron chi connectivity index (χ4n) is 3.11. The van der Waals surface area contributed by atoms with Gasteiger partial charge in [-0.05, 0) is 43.0 Å². The number of nitrogens with zero attached hydrogens (tertiary/aromatic N) is 1. The summed E-state index contributed by atoms with van der Waals surface area (Å²) in [4.78, 5) is 2.57. The minimum Gasteiger partial charge on any atom is -0.371 e. The van der Waals surface area contributed by atoms with Crippen LogP contribution in [-0.2, 0) is 6.54 Å². The smallest absolute Gasteiger partial charge is 0.0423 e. The second kappa shape index (κ2) is 8.04. The molecule has 0 aromatic heterocycles. The zero-order valence-corrected chi connectivity index (χ0v) is 14.4. The van der Waals surface area contributed by atoms with Crippen molar-refractivity contribution in [2.24, 2.45) is 5.92 Å². The first-order valence-corrected chi connectivity index (χ1v) is 8.78. The molecular formula is C17H27BrN2. The van der Waals surface area contributed by atoms with Crippen molar-refractivity contribution in [3.8, 4) is 0 Å². The van der Waals surface area contributed by atoms with E-state index in [-0.39, 0.29) is 0 Å². The van der Waals surface area contributed by atoms with Gasteiger partial charge in [0.2, 0.25) is 0 Å². The molecule has 1 aromatic rings. The lowest BCUT2D eigenvalue weighted by Gasteiger charge is -2.35. The lowest BCUT2D eigenvalue weighted by atomic mass is 9.92. The van der Waals surface area contributed by atoms with Crippen molar-refractivity contribution in [2.75, 3.05) is 24.5 Å². The second-order valence-electron chi connectivity index (χ2n) is 5.77. The van der Waals surface area contributed by atoms with Gasteiger partial charge >= 0.3 is 0 Å². The number of anilines is 1. The molecule has 0 unspecified atom stereocenters. The largest absolute Gasteiger partial charge is 0.371 e. The molecule has 1 aliphatic heterocycles. The Morgan fingerprint density at radius 1 is 1.25 bits per heavy atom. The Morgan fingerprint density at radius 2 is 2.00 bits per heavy atom. The van der Waals surface area contributed by atoms with E-state index in [9.17, 15) is 0 Å². The molecule has 0 radical (unpaired) electrons. The molecule has 2 nitrogen and oxygen atoms in total. The van der Waals surface area contributed by atoms with Crippen LogP contribution in [0.5, 0.6) is 0 Å². The number of rotatable bonds is 6. The summed E-state index contributed by atoms with van der Waals surface area (Å²) < 4.78 is 1.18. The van der Waals surface area contributed by atoms with Gasteiger partial charge in [0.15, 0.2) is 0 Å². The molecular weight excluding hydrogens is 312 g/mol. The molecule has 0 bridgehead atoms. The molecule has 0 spiro atoms. The van der Waals surface area contributed by atoms with Gasteiger partial charge in [-0.3, -0.25) is 0 Å². The minimum absolute atomic E-state index is 0.945. The fraction of sp³-hybridized carbons (Fsp3) is 0.647. The summed E-state index contributed by atoms with van der Waals surface area (Å²) in [5.41, 5.74) is 2.83. The Balaban J connectivity index is 2.05. The van der Waals surface area contributed by atoms with Crippen LogP contribution in [0.3, 0.4) is 0 Å². The van der Waals surface area contributed by atoms with Crippen molar-refractivity contribution in [1.29, 1.82) is 0 Å². The van der Waals surface area contributed by atoms with Gasteiger partial charge < -0.3 is 10.2 Å². The molecule has 112 valence electrons. The van der Waals surface area contributed by atoms with Crippen LogP contribution in [0.2, 0.25) is 0 Å². The van der Waals surface area contributed by atoms with Crippen LogP contribution in [-0.4, -0.2) is 19.6 Å². The Morgan fingerprint density at radius 3 is 2.65 bits per heavy atom. The molecule has 2 rings (SSSR count). The van der Waals surface area contributed by atoms with Crippen molar-refractivity contribution in [3.63, 3.8) is 0 Å². The summed E-state index contributed by atoms with van der Waals surface area (Å²) in [6.45, 7) is 8.87. The van der Waals surface area contributed by atoms with Gasteiger partial charge in [0.05, 0.1) is 0 Å². The molecule has 1 aromatic carbocycles. The second-order valence-corrected chi connectivity index (χ2v) is 6.69. The van der Waals surface area contributed by atoms with Crippen LogP contribution in [0.4, 0.5) is 5.69 Å². The highest BCUT2D eigenvalue weighted by Gasteiger charge is 2.20. The molecule has 20 heavy (non-hydrogen) atoms. The van der Waals surface area contributed by atoms with Gasteiger partial charge in [-0.15, -0.1) is 0 Å². The third kappa shape index (κ3) is 4.23. The average Bonchev–Trinajstić information content (AvgIpc) is 2.47. The Labute approximate surface area is 132 Å². The van der Waals surface area contributed by atoms with E-state index in [0.29, 0.717) is 0 Å². The van der Waals surface area contributed by atoms with Crippen LogP contribution in [0, 0.1) is 5.92 Å². The van der Waals surface area contributed by atoms with Gasteiger partial charge in [-0.2, -0.15) is 0 Å². The molecule has 1 fully saturated rings. The Bertz CT molecular complexity index is 411. The zero-order chi connectivity index (χ0) is 14.4. The maximum absolute atomic E-state index is 3.62. The maximum atomic E-state index is 3.62. The van der Waals surface area contributed by atoms with Gasteiger partial charge in [0.1, 0.15) is 0 Å². The lowest BCUT2D eigenvalue weighted by molar-refractivity contribution is 0.378. The molecule has 0 amide bonds. The highest BCUT2D eigenvalue weighted by Crippen LogP contribution is 2.30. The van der Waals surface area contributed by atoms with Crippen LogP contribution < -0.4 is 10.2 Å². The number of hydrogen-bond acceptors (Lipinski definition) is 2. The molecule has 0 aliphatic carbocycles. The highest BCUT2D eigenvalue weighted by molar-refractivity contribution is 9.10. The van der Waals surface area contributed by atoms with Crippen molar-refractivity contribution in [3.05, 3.63) is 28.2 Å². The standard InChI is InChI=1S/C17H27BrN2/c1-3-5-14-8-10-20(11-9-14)17-12-16(18)7-6-15(17)13-19-4-2/h6-7,12,14,19H,3-5,8-11,13H2,1-2H3. The Hall–Kier alpha value is -0.540. The molecule has 1 heterocycles. The average molecular weight is 339 g/mol. The third-order valence-electron chi connectivity index (χ3n) is 4.26. The molecule has 1 N–H and O–H groups in total. The van der Waals surface area contributed by atoms with Crippen LogP contribution in [0.15, 0.2) is 22.7 Å². The number of benzene rings is 1. The van der Waals surface area contributed by atoms with Gasteiger partial charge in [-0.1, -0.05) is 48.7 Å². The SMILES string of the molecule is CCCC1CCN(c2cc(Br)ccc2CNCC)CC1. The molecule has 0 atom stereocenters. The zero-order valence-electron chi connectivity index (χ0n) is 12.8. The summed E-state index contributed by atoms with van der Waals surface area (Å²) in [5, 5.41) is 3.45.